The van der Waals surface area contributed by atoms with Gasteiger partial charge < -0.3 is 0 Å². The van der Waals surface area contributed by atoms with Crippen LogP contribution in [0.3, 0.4) is 0 Å². The van der Waals surface area contributed by atoms with E-state index in [2.05, 4.69) is 4.99 Å². The Morgan fingerprint density at radius 2 is 2.18 bits per heavy atom. The van der Waals surface area contributed by atoms with Gasteiger partial charge in [-0.1, -0.05) is 12.1 Å². The number of para-hydroxylation sites is 1. The molecule has 1 aliphatic heterocycles. The van der Waals surface area contributed by atoms with Crippen LogP contribution in [-0.4, -0.2) is 16.2 Å². The second-order valence-corrected chi connectivity index (χ2v) is 3.76. The lowest BCUT2D eigenvalue weighted by Crippen LogP contribution is -2.03. The van der Waals surface area contributed by atoms with Crippen molar-refractivity contribution in [2.24, 2.45) is 4.99 Å². The average Bonchev–Trinajstić information content (AvgIpc) is 2.06. The quantitative estimate of drug-likeness (QED) is 0.573. The van der Waals surface area contributed by atoms with Gasteiger partial charge >= 0.3 is 0 Å². The lowest BCUT2D eigenvalue weighted by atomic mass is 10.3. The molecule has 1 unspecified atom stereocenters. The topological polar surface area (TPSA) is 29.4 Å². The van der Waals surface area contributed by atoms with Gasteiger partial charge in [-0.25, -0.2) is 0 Å². The van der Waals surface area contributed by atoms with E-state index in [1.54, 1.807) is 6.21 Å². The SMILES string of the molecule is O=S1CC=Nc2ccccc21. The maximum atomic E-state index is 11.3. The minimum atomic E-state index is -0.864. The number of aliphatic imine (C=N–C) groups is 1. The molecule has 1 atom stereocenters. The Bertz CT molecular complexity index is 333. The Morgan fingerprint density at radius 1 is 1.36 bits per heavy atom. The van der Waals surface area contributed by atoms with E-state index in [1.165, 1.54) is 0 Å². The molecule has 0 saturated carbocycles. The van der Waals surface area contributed by atoms with Gasteiger partial charge in [0.25, 0.3) is 0 Å². The number of hydrogen-bond donors (Lipinski definition) is 0. The molecule has 1 heterocycles. The van der Waals surface area contributed by atoms with Gasteiger partial charge in [-0.15, -0.1) is 0 Å². The van der Waals surface area contributed by atoms with E-state index in [-0.39, 0.29) is 0 Å². The van der Waals surface area contributed by atoms with Crippen LogP contribution in [0.5, 0.6) is 0 Å². The van der Waals surface area contributed by atoms with E-state index in [1.807, 2.05) is 24.3 Å². The normalized spacial score (nSPS) is 21.3. The number of hydrogen-bond acceptors (Lipinski definition) is 2. The number of fused-ring (bicyclic) bond motifs is 1. The molecule has 2 nitrogen and oxygen atoms in total. The summed E-state index contributed by atoms with van der Waals surface area (Å²) in [6, 6.07) is 7.53. The molecule has 1 aromatic rings. The van der Waals surface area contributed by atoms with Crippen molar-refractivity contribution in [1.29, 1.82) is 0 Å². The molecule has 0 aliphatic carbocycles. The summed E-state index contributed by atoms with van der Waals surface area (Å²) in [4.78, 5) is 4.98. The van der Waals surface area contributed by atoms with Crippen molar-refractivity contribution in [2.75, 3.05) is 5.75 Å². The van der Waals surface area contributed by atoms with Crippen LogP contribution in [-0.2, 0) is 10.8 Å². The van der Waals surface area contributed by atoms with Crippen molar-refractivity contribution >= 4 is 22.7 Å². The molecule has 2 rings (SSSR count). The van der Waals surface area contributed by atoms with Gasteiger partial charge in [0.1, 0.15) is 0 Å². The molecule has 3 heteroatoms. The van der Waals surface area contributed by atoms with Crippen LogP contribution >= 0.6 is 0 Å². The largest absolute Gasteiger partial charge is 0.259 e. The van der Waals surface area contributed by atoms with Crippen molar-refractivity contribution < 1.29 is 4.21 Å². The highest BCUT2D eigenvalue weighted by atomic mass is 32.2. The van der Waals surface area contributed by atoms with Gasteiger partial charge in [-0.3, -0.25) is 9.20 Å². The van der Waals surface area contributed by atoms with Crippen molar-refractivity contribution in [2.45, 2.75) is 4.90 Å². The highest BCUT2D eigenvalue weighted by Crippen LogP contribution is 2.24. The van der Waals surface area contributed by atoms with Gasteiger partial charge in [-0.05, 0) is 12.1 Å². The zero-order valence-corrected chi connectivity index (χ0v) is 6.67. The molecule has 0 saturated heterocycles. The molecule has 0 amide bonds. The summed E-state index contributed by atoms with van der Waals surface area (Å²) < 4.78 is 11.3. The first kappa shape index (κ1) is 6.73. The van der Waals surface area contributed by atoms with Gasteiger partial charge in [0, 0.05) is 6.21 Å². The molecule has 0 fully saturated rings. The molecule has 1 aromatic carbocycles. The van der Waals surface area contributed by atoms with Gasteiger partial charge in [0.15, 0.2) is 0 Å². The van der Waals surface area contributed by atoms with E-state index in [9.17, 15) is 4.21 Å². The highest BCUT2D eigenvalue weighted by Gasteiger charge is 2.10. The van der Waals surface area contributed by atoms with E-state index < -0.39 is 10.8 Å². The molecule has 0 radical (unpaired) electrons. The predicted molar refractivity (Wildman–Crippen MR) is 45.9 cm³/mol. The first-order valence-electron chi connectivity index (χ1n) is 3.38. The maximum absolute atomic E-state index is 11.3. The second kappa shape index (κ2) is 2.58. The first-order valence-corrected chi connectivity index (χ1v) is 4.70. The summed E-state index contributed by atoms with van der Waals surface area (Å²) in [5, 5.41) is 0. The Kier molecular flexibility index (Phi) is 1.58. The number of benzene rings is 1. The minimum absolute atomic E-state index is 0.553. The summed E-state index contributed by atoms with van der Waals surface area (Å²) in [6.07, 6.45) is 1.71. The van der Waals surface area contributed by atoms with E-state index in [4.69, 9.17) is 0 Å². The summed E-state index contributed by atoms with van der Waals surface area (Å²) in [5.41, 5.74) is 0.845. The van der Waals surface area contributed by atoms with Crippen LogP contribution in [0.25, 0.3) is 0 Å². The van der Waals surface area contributed by atoms with Crippen molar-refractivity contribution in [3.8, 4) is 0 Å². The molecular formula is C8H7NOS. The fourth-order valence-electron chi connectivity index (χ4n) is 1.05. The maximum Gasteiger partial charge on any atom is 0.0787 e. The van der Waals surface area contributed by atoms with Gasteiger partial charge in [0.05, 0.1) is 27.1 Å². The molecule has 11 heavy (non-hydrogen) atoms. The van der Waals surface area contributed by atoms with Gasteiger partial charge in [-0.2, -0.15) is 0 Å². The van der Waals surface area contributed by atoms with Crippen LogP contribution in [0, 0.1) is 0 Å². The zero-order chi connectivity index (χ0) is 7.68. The molecule has 1 aliphatic rings. The van der Waals surface area contributed by atoms with E-state index in [0.717, 1.165) is 10.6 Å². The zero-order valence-electron chi connectivity index (χ0n) is 5.86. The monoisotopic (exact) mass is 165 g/mol. The lowest BCUT2D eigenvalue weighted by molar-refractivity contribution is 0.685. The Morgan fingerprint density at radius 3 is 3.00 bits per heavy atom. The minimum Gasteiger partial charge on any atom is -0.259 e. The summed E-state index contributed by atoms with van der Waals surface area (Å²) in [5.74, 6) is 0.553. The summed E-state index contributed by atoms with van der Waals surface area (Å²) >= 11 is 0. The van der Waals surface area contributed by atoms with Crippen LogP contribution in [0.1, 0.15) is 0 Å². The van der Waals surface area contributed by atoms with Crippen LogP contribution in [0.2, 0.25) is 0 Å². The van der Waals surface area contributed by atoms with E-state index >= 15 is 0 Å². The van der Waals surface area contributed by atoms with Crippen molar-refractivity contribution in [3.63, 3.8) is 0 Å². The second-order valence-electron chi connectivity index (χ2n) is 2.29. The van der Waals surface area contributed by atoms with Crippen molar-refractivity contribution in [1.82, 2.24) is 0 Å². The fraction of sp³-hybridized carbons (Fsp3) is 0.125. The third-order valence-corrected chi connectivity index (χ3v) is 2.85. The number of rotatable bonds is 0. The van der Waals surface area contributed by atoms with E-state index in [0.29, 0.717) is 5.75 Å². The standard InChI is InChI=1S/C8H7NOS/c10-11-6-5-9-7-3-1-2-4-8(7)11/h1-5H,6H2. The third kappa shape index (κ3) is 1.12. The molecule has 0 bridgehead atoms. The highest BCUT2D eigenvalue weighted by molar-refractivity contribution is 7.86. The average molecular weight is 165 g/mol. The van der Waals surface area contributed by atoms with Crippen molar-refractivity contribution in [3.05, 3.63) is 24.3 Å². The lowest BCUT2D eigenvalue weighted by Gasteiger charge is -2.07. The Balaban J connectivity index is 2.63. The molecule has 56 valence electrons. The molecular weight excluding hydrogens is 158 g/mol. The molecule has 0 spiro atoms. The number of nitrogens with zero attached hydrogens (tertiary/aromatic N) is 1. The van der Waals surface area contributed by atoms with Crippen LogP contribution < -0.4 is 0 Å². The van der Waals surface area contributed by atoms with Crippen LogP contribution in [0.4, 0.5) is 5.69 Å². The first-order chi connectivity index (χ1) is 5.38. The molecule has 0 N–H and O–H groups in total. The Hall–Kier alpha value is -0.960. The summed E-state index contributed by atoms with van der Waals surface area (Å²) in [7, 11) is -0.864. The predicted octanol–water partition coefficient (Wildman–Crippen LogP) is 1.51. The van der Waals surface area contributed by atoms with Gasteiger partial charge in [0.2, 0.25) is 0 Å². The smallest absolute Gasteiger partial charge is 0.0787 e. The molecule has 0 aromatic heterocycles. The van der Waals surface area contributed by atoms with Crippen LogP contribution in [0.15, 0.2) is 34.2 Å². The fourth-order valence-corrected chi connectivity index (χ4v) is 2.02. The Labute approximate surface area is 67.4 Å². The summed E-state index contributed by atoms with van der Waals surface area (Å²) in [6.45, 7) is 0. The third-order valence-electron chi connectivity index (χ3n) is 1.57.